The van der Waals surface area contributed by atoms with Crippen LogP contribution >= 0.6 is 0 Å². The molecule has 0 amide bonds. The third kappa shape index (κ3) is 3.44. The number of aliphatic hydroxyl groups is 1. The molecule has 0 aliphatic carbocycles. The van der Waals surface area contributed by atoms with Crippen LogP contribution in [0.25, 0.3) is 0 Å². The number of phenols is 1. The number of aryl methyl sites for hydroxylation is 1. The van der Waals surface area contributed by atoms with Crippen LogP contribution in [-0.4, -0.2) is 23.6 Å². The summed E-state index contributed by atoms with van der Waals surface area (Å²) in [4.78, 5) is 0. The van der Waals surface area contributed by atoms with Crippen molar-refractivity contribution in [2.75, 3.05) is 7.11 Å². The maximum absolute atomic E-state index is 9.10. The van der Waals surface area contributed by atoms with Crippen molar-refractivity contribution in [3.8, 4) is 5.75 Å². The van der Waals surface area contributed by atoms with Crippen molar-refractivity contribution in [3.63, 3.8) is 0 Å². The van der Waals surface area contributed by atoms with Gasteiger partial charge in [0.1, 0.15) is 5.75 Å². The highest BCUT2D eigenvalue weighted by Gasteiger charge is 2.01. The second-order valence-electron chi connectivity index (χ2n) is 2.90. The zero-order valence-electron chi connectivity index (χ0n) is 7.60. The lowest BCUT2D eigenvalue weighted by Gasteiger charge is -2.07. The van der Waals surface area contributed by atoms with Gasteiger partial charge in [-0.3, -0.25) is 0 Å². The van der Waals surface area contributed by atoms with Crippen molar-refractivity contribution in [3.05, 3.63) is 29.8 Å². The number of benzene rings is 1. The number of hydrogen-bond acceptors (Lipinski definition) is 3. The fraction of sp³-hybridized carbons (Fsp3) is 0.400. The number of rotatable bonds is 4. The first-order chi connectivity index (χ1) is 6.22. The van der Waals surface area contributed by atoms with Crippen LogP contribution in [0.15, 0.2) is 24.3 Å². The van der Waals surface area contributed by atoms with Gasteiger partial charge in [0.25, 0.3) is 0 Å². The lowest BCUT2D eigenvalue weighted by molar-refractivity contribution is -0.0777. The van der Waals surface area contributed by atoms with Crippen LogP contribution in [0.1, 0.15) is 12.0 Å². The molecule has 0 spiro atoms. The molecule has 0 saturated carbocycles. The van der Waals surface area contributed by atoms with E-state index in [1.807, 2.05) is 12.1 Å². The Bertz CT molecular complexity index is 243. The molecule has 13 heavy (non-hydrogen) atoms. The highest BCUT2D eigenvalue weighted by molar-refractivity contribution is 5.25. The molecule has 3 heteroatoms. The Labute approximate surface area is 77.6 Å². The van der Waals surface area contributed by atoms with Crippen LogP contribution in [0.5, 0.6) is 5.75 Å². The summed E-state index contributed by atoms with van der Waals surface area (Å²) in [5.41, 5.74) is 1.08. The van der Waals surface area contributed by atoms with Gasteiger partial charge in [0.05, 0.1) is 0 Å². The van der Waals surface area contributed by atoms with E-state index in [4.69, 9.17) is 14.9 Å². The summed E-state index contributed by atoms with van der Waals surface area (Å²) < 4.78 is 4.70. The van der Waals surface area contributed by atoms with Gasteiger partial charge in [0.2, 0.25) is 0 Å². The van der Waals surface area contributed by atoms with E-state index in [1.165, 1.54) is 7.11 Å². The Hall–Kier alpha value is -1.06. The summed E-state index contributed by atoms with van der Waals surface area (Å²) in [5.74, 6) is 0.260. The van der Waals surface area contributed by atoms with Crippen molar-refractivity contribution >= 4 is 0 Å². The highest BCUT2D eigenvalue weighted by atomic mass is 16.6. The fourth-order valence-electron chi connectivity index (χ4n) is 1.07. The Kier molecular flexibility index (Phi) is 3.73. The lowest BCUT2D eigenvalue weighted by atomic mass is 10.1. The van der Waals surface area contributed by atoms with Crippen LogP contribution in [0.3, 0.4) is 0 Å². The molecule has 0 radical (unpaired) electrons. The quantitative estimate of drug-likeness (QED) is 0.690. The van der Waals surface area contributed by atoms with Gasteiger partial charge in [0, 0.05) is 13.5 Å². The van der Waals surface area contributed by atoms with Crippen LogP contribution in [0, 0.1) is 0 Å². The molecular weight excluding hydrogens is 168 g/mol. The Morgan fingerprint density at radius 3 is 2.46 bits per heavy atom. The van der Waals surface area contributed by atoms with Crippen LogP contribution in [0.4, 0.5) is 0 Å². The third-order valence-corrected chi connectivity index (χ3v) is 1.89. The van der Waals surface area contributed by atoms with Gasteiger partial charge < -0.3 is 14.9 Å². The van der Waals surface area contributed by atoms with E-state index in [2.05, 4.69) is 0 Å². The summed E-state index contributed by atoms with van der Waals surface area (Å²) in [7, 11) is 1.47. The second kappa shape index (κ2) is 4.84. The number of aromatic hydroxyl groups is 1. The van der Waals surface area contributed by atoms with Gasteiger partial charge in [0.15, 0.2) is 6.29 Å². The standard InChI is InChI=1S/C10H14O3/c1-13-10(12)7-4-8-2-5-9(11)6-3-8/h2-3,5-6,10-12H,4,7H2,1H3. The van der Waals surface area contributed by atoms with Gasteiger partial charge in [-0.25, -0.2) is 0 Å². The minimum Gasteiger partial charge on any atom is -0.508 e. The van der Waals surface area contributed by atoms with Crippen LogP contribution < -0.4 is 0 Å². The summed E-state index contributed by atoms with van der Waals surface area (Å²) in [6.07, 6.45) is 0.616. The van der Waals surface area contributed by atoms with Crippen molar-refractivity contribution in [1.29, 1.82) is 0 Å². The predicted octanol–water partition coefficient (Wildman–Crippen LogP) is 1.29. The zero-order chi connectivity index (χ0) is 9.68. The van der Waals surface area contributed by atoms with Crippen molar-refractivity contribution in [2.24, 2.45) is 0 Å². The first kappa shape index (κ1) is 10.0. The molecule has 3 nitrogen and oxygen atoms in total. The molecule has 0 aliphatic rings. The largest absolute Gasteiger partial charge is 0.508 e. The minimum atomic E-state index is -0.700. The van der Waals surface area contributed by atoms with Crippen LogP contribution in [0.2, 0.25) is 0 Å². The number of aliphatic hydroxyl groups excluding tert-OH is 1. The van der Waals surface area contributed by atoms with Gasteiger partial charge in [-0.05, 0) is 24.1 Å². The molecule has 2 N–H and O–H groups in total. The van der Waals surface area contributed by atoms with E-state index in [0.29, 0.717) is 6.42 Å². The summed E-state index contributed by atoms with van der Waals surface area (Å²) in [5, 5.41) is 18.1. The van der Waals surface area contributed by atoms with E-state index in [9.17, 15) is 0 Å². The fourth-order valence-corrected chi connectivity index (χ4v) is 1.07. The second-order valence-corrected chi connectivity index (χ2v) is 2.90. The topological polar surface area (TPSA) is 49.7 Å². The first-order valence-corrected chi connectivity index (χ1v) is 4.21. The van der Waals surface area contributed by atoms with Gasteiger partial charge in [-0.2, -0.15) is 0 Å². The van der Waals surface area contributed by atoms with Crippen molar-refractivity contribution < 1.29 is 14.9 Å². The SMILES string of the molecule is COC(O)CCc1ccc(O)cc1. The average molecular weight is 182 g/mol. The summed E-state index contributed by atoms with van der Waals surface area (Å²) in [6, 6.07) is 6.93. The molecule has 0 bridgehead atoms. The van der Waals surface area contributed by atoms with Gasteiger partial charge >= 0.3 is 0 Å². The van der Waals surface area contributed by atoms with E-state index >= 15 is 0 Å². The molecule has 1 atom stereocenters. The average Bonchev–Trinajstić information content (AvgIpc) is 2.16. The Morgan fingerprint density at radius 2 is 1.92 bits per heavy atom. The summed E-state index contributed by atoms with van der Waals surface area (Å²) in [6.45, 7) is 0. The molecule has 0 aliphatic heterocycles. The van der Waals surface area contributed by atoms with Crippen molar-refractivity contribution in [1.82, 2.24) is 0 Å². The van der Waals surface area contributed by atoms with Gasteiger partial charge in [-0.1, -0.05) is 12.1 Å². The third-order valence-electron chi connectivity index (χ3n) is 1.89. The van der Waals surface area contributed by atoms with E-state index in [-0.39, 0.29) is 5.75 Å². The number of ether oxygens (including phenoxy) is 1. The van der Waals surface area contributed by atoms with Crippen LogP contribution in [-0.2, 0) is 11.2 Å². The lowest BCUT2D eigenvalue weighted by Crippen LogP contribution is -2.09. The normalized spacial score (nSPS) is 12.8. The molecule has 0 aromatic heterocycles. The number of phenolic OH excluding ortho intramolecular Hbond substituents is 1. The predicted molar refractivity (Wildman–Crippen MR) is 49.4 cm³/mol. The Balaban J connectivity index is 2.41. The maximum Gasteiger partial charge on any atom is 0.154 e. The smallest absolute Gasteiger partial charge is 0.154 e. The van der Waals surface area contributed by atoms with E-state index in [1.54, 1.807) is 12.1 Å². The zero-order valence-corrected chi connectivity index (χ0v) is 7.60. The molecule has 1 rings (SSSR count). The number of hydrogen-bond donors (Lipinski definition) is 2. The molecule has 1 unspecified atom stereocenters. The highest BCUT2D eigenvalue weighted by Crippen LogP contribution is 2.11. The molecule has 0 saturated heterocycles. The summed E-state index contributed by atoms with van der Waals surface area (Å²) >= 11 is 0. The van der Waals surface area contributed by atoms with E-state index in [0.717, 1.165) is 12.0 Å². The minimum absolute atomic E-state index is 0.260. The molecule has 0 heterocycles. The molecule has 72 valence electrons. The molecular formula is C10H14O3. The maximum atomic E-state index is 9.10. The molecule has 1 aromatic rings. The molecule has 0 fully saturated rings. The van der Waals surface area contributed by atoms with Crippen molar-refractivity contribution in [2.45, 2.75) is 19.1 Å². The monoisotopic (exact) mass is 182 g/mol. The number of methoxy groups -OCH3 is 1. The van der Waals surface area contributed by atoms with Gasteiger partial charge in [-0.15, -0.1) is 0 Å². The molecule has 1 aromatic carbocycles. The van der Waals surface area contributed by atoms with E-state index < -0.39 is 6.29 Å². The Morgan fingerprint density at radius 1 is 1.31 bits per heavy atom. The first-order valence-electron chi connectivity index (χ1n) is 4.21.